The van der Waals surface area contributed by atoms with E-state index in [4.69, 9.17) is 0 Å². The highest BCUT2D eigenvalue weighted by Crippen LogP contribution is 2.40. The van der Waals surface area contributed by atoms with Crippen LogP contribution in [0, 0.1) is 6.92 Å². The molecule has 0 unspecified atom stereocenters. The summed E-state index contributed by atoms with van der Waals surface area (Å²) in [4.78, 5) is 24.7. The molecule has 1 saturated carbocycles. The maximum Gasteiger partial charge on any atom is 0.331 e. The highest BCUT2D eigenvalue weighted by Gasteiger charge is 2.41. The first kappa shape index (κ1) is 19.1. The van der Waals surface area contributed by atoms with Crippen LogP contribution in [-0.4, -0.2) is 26.8 Å². The van der Waals surface area contributed by atoms with Crippen LogP contribution in [0.3, 0.4) is 0 Å². The van der Waals surface area contributed by atoms with E-state index in [1.165, 1.54) is 10.9 Å². The zero-order valence-corrected chi connectivity index (χ0v) is 16.2. The molecule has 2 N–H and O–H groups in total. The van der Waals surface area contributed by atoms with Crippen molar-refractivity contribution in [1.29, 1.82) is 0 Å². The number of carboxylic acid groups (broad SMARTS) is 1. The van der Waals surface area contributed by atoms with E-state index in [-0.39, 0.29) is 5.91 Å². The molecule has 0 bridgehead atoms. The number of rotatable bonds is 5. The SMILES string of the molecule is Cc1cccc(C2(C(=O)Nc3cnn(C(C)(C)C(=O)O)c3)CCCCC2)c1. The lowest BCUT2D eigenvalue weighted by Crippen LogP contribution is -2.42. The summed E-state index contributed by atoms with van der Waals surface area (Å²) in [7, 11) is 0. The first-order chi connectivity index (χ1) is 12.8. The van der Waals surface area contributed by atoms with Gasteiger partial charge in [0.2, 0.25) is 5.91 Å². The van der Waals surface area contributed by atoms with E-state index >= 15 is 0 Å². The summed E-state index contributed by atoms with van der Waals surface area (Å²) in [5.74, 6) is -1.02. The number of amides is 1. The van der Waals surface area contributed by atoms with Crippen LogP contribution in [0.4, 0.5) is 5.69 Å². The molecular formula is C21H27N3O3. The number of carbonyl (C=O) groups is 2. The van der Waals surface area contributed by atoms with Crippen molar-refractivity contribution in [3.8, 4) is 0 Å². The Morgan fingerprint density at radius 2 is 1.93 bits per heavy atom. The number of carboxylic acids is 1. The monoisotopic (exact) mass is 369 g/mol. The van der Waals surface area contributed by atoms with E-state index in [9.17, 15) is 14.7 Å². The summed E-state index contributed by atoms with van der Waals surface area (Å²) in [5.41, 5.74) is 0.989. The second-order valence-electron chi connectivity index (χ2n) is 8.00. The number of aryl methyl sites for hydroxylation is 1. The maximum atomic E-state index is 13.3. The summed E-state index contributed by atoms with van der Waals surface area (Å²) >= 11 is 0. The van der Waals surface area contributed by atoms with E-state index in [1.807, 2.05) is 25.1 Å². The zero-order valence-electron chi connectivity index (χ0n) is 16.2. The molecule has 144 valence electrons. The first-order valence-electron chi connectivity index (χ1n) is 9.43. The fourth-order valence-corrected chi connectivity index (χ4v) is 3.79. The molecule has 1 heterocycles. The molecular weight excluding hydrogens is 342 g/mol. The Kier molecular flexibility index (Phi) is 5.09. The third-order valence-corrected chi connectivity index (χ3v) is 5.65. The number of hydrogen-bond acceptors (Lipinski definition) is 3. The van der Waals surface area contributed by atoms with Crippen molar-refractivity contribution in [1.82, 2.24) is 9.78 Å². The summed E-state index contributed by atoms with van der Waals surface area (Å²) in [6.07, 6.45) is 7.91. The molecule has 0 radical (unpaired) electrons. The Hall–Kier alpha value is -2.63. The van der Waals surface area contributed by atoms with Gasteiger partial charge in [-0.3, -0.25) is 9.48 Å². The molecule has 0 saturated heterocycles. The third-order valence-electron chi connectivity index (χ3n) is 5.65. The smallest absolute Gasteiger partial charge is 0.331 e. The van der Waals surface area contributed by atoms with Crippen LogP contribution in [0.5, 0.6) is 0 Å². The van der Waals surface area contributed by atoms with Gasteiger partial charge >= 0.3 is 5.97 Å². The minimum Gasteiger partial charge on any atom is -0.479 e. The number of hydrogen-bond donors (Lipinski definition) is 2. The lowest BCUT2D eigenvalue weighted by atomic mass is 9.68. The van der Waals surface area contributed by atoms with Gasteiger partial charge < -0.3 is 10.4 Å². The molecule has 0 spiro atoms. The van der Waals surface area contributed by atoms with Gasteiger partial charge in [0.05, 0.1) is 17.3 Å². The van der Waals surface area contributed by atoms with E-state index < -0.39 is 16.9 Å². The number of benzene rings is 1. The highest BCUT2D eigenvalue weighted by atomic mass is 16.4. The molecule has 1 aromatic heterocycles. The molecule has 1 aliphatic rings. The Balaban J connectivity index is 1.88. The second-order valence-corrected chi connectivity index (χ2v) is 8.00. The predicted molar refractivity (Wildman–Crippen MR) is 104 cm³/mol. The maximum absolute atomic E-state index is 13.3. The van der Waals surface area contributed by atoms with E-state index in [2.05, 4.69) is 16.5 Å². The first-order valence-corrected chi connectivity index (χ1v) is 9.43. The molecule has 1 fully saturated rings. The molecule has 0 aliphatic heterocycles. The predicted octanol–water partition coefficient (Wildman–Crippen LogP) is 3.85. The van der Waals surface area contributed by atoms with Crippen molar-refractivity contribution in [2.24, 2.45) is 0 Å². The molecule has 3 rings (SSSR count). The molecule has 2 aromatic rings. The second kappa shape index (κ2) is 7.18. The van der Waals surface area contributed by atoms with E-state index in [1.54, 1.807) is 20.0 Å². The van der Waals surface area contributed by atoms with Crippen LogP contribution >= 0.6 is 0 Å². The standard InChI is InChI=1S/C21H27N3O3/c1-15-8-7-9-16(12-15)21(10-5-4-6-11-21)18(25)23-17-13-22-24(14-17)20(2,3)19(26)27/h7-9,12-14H,4-6,10-11H2,1-3H3,(H,23,25)(H,26,27). The number of aromatic nitrogens is 2. The molecule has 1 amide bonds. The zero-order chi connectivity index (χ0) is 19.7. The van der Waals surface area contributed by atoms with Crippen molar-refractivity contribution in [3.05, 3.63) is 47.8 Å². The minimum absolute atomic E-state index is 0.0412. The van der Waals surface area contributed by atoms with Crippen LogP contribution in [0.2, 0.25) is 0 Å². The van der Waals surface area contributed by atoms with Crippen LogP contribution in [-0.2, 0) is 20.5 Å². The lowest BCUT2D eigenvalue weighted by molar-refractivity contribution is -0.146. The summed E-state index contributed by atoms with van der Waals surface area (Å²) < 4.78 is 1.37. The van der Waals surface area contributed by atoms with Gasteiger partial charge in [0, 0.05) is 6.20 Å². The van der Waals surface area contributed by atoms with Crippen molar-refractivity contribution in [2.75, 3.05) is 5.32 Å². The molecule has 0 atom stereocenters. The molecule has 6 heteroatoms. The van der Waals surface area contributed by atoms with E-state index in [0.717, 1.165) is 43.2 Å². The fourth-order valence-electron chi connectivity index (χ4n) is 3.79. The Labute approximate surface area is 159 Å². The summed E-state index contributed by atoms with van der Waals surface area (Å²) in [6.45, 7) is 5.18. The van der Waals surface area contributed by atoms with Crippen LogP contribution in [0.1, 0.15) is 57.1 Å². The Morgan fingerprint density at radius 1 is 1.22 bits per heavy atom. The lowest BCUT2D eigenvalue weighted by Gasteiger charge is -2.36. The van der Waals surface area contributed by atoms with Gasteiger partial charge in [-0.05, 0) is 39.2 Å². The Morgan fingerprint density at radius 3 is 2.56 bits per heavy atom. The van der Waals surface area contributed by atoms with Gasteiger partial charge in [-0.15, -0.1) is 0 Å². The van der Waals surface area contributed by atoms with Crippen molar-refractivity contribution >= 4 is 17.6 Å². The van der Waals surface area contributed by atoms with Gasteiger partial charge in [0.15, 0.2) is 5.54 Å². The Bertz CT molecular complexity index is 848. The van der Waals surface area contributed by atoms with Gasteiger partial charge in [0.25, 0.3) is 0 Å². The van der Waals surface area contributed by atoms with Gasteiger partial charge in [0.1, 0.15) is 0 Å². The van der Waals surface area contributed by atoms with Crippen LogP contribution in [0.25, 0.3) is 0 Å². The third kappa shape index (κ3) is 3.61. The number of aliphatic carboxylic acids is 1. The normalized spacial score (nSPS) is 16.7. The van der Waals surface area contributed by atoms with Crippen molar-refractivity contribution in [2.45, 2.75) is 63.8 Å². The molecule has 6 nitrogen and oxygen atoms in total. The van der Waals surface area contributed by atoms with Gasteiger partial charge in [-0.2, -0.15) is 5.10 Å². The summed E-state index contributed by atoms with van der Waals surface area (Å²) in [6, 6.07) is 8.17. The quantitative estimate of drug-likeness (QED) is 0.838. The topological polar surface area (TPSA) is 84.2 Å². The van der Waals surface area contributed by atoms with Crippen molar-refractivity contribution < 1.29 is 14.7 Å². The largest absolute Gasteiger partial charge is 0.479 e. The number of nitrogens with one attached hydrogen (secondary N) is 1. The van der Waals surface area contributed by atoms with Gasteiger partial charge in [-0.1, -0.05) is 49.1 Å². The average molecular weight is 369 g/mol. The number of anilines is 1. The molecule has 1 aliphatic carbocycles. The summed E-state index contributed by atoms with van der Waals surface area (Å²) in [5, 5.41) is 16.5. The van der Waals surface area contributed by atoms with Crippen LogP contribution in [0.15, 0.2) is 36.7 Å². The average Bonchev–Trinajstić information content (AvgIpc) is 3.11. The fraction of sp³-hybridized carbons (Fsp3) is 0.476. The number of nitrogens with zero attached hydrogens (tertiary/aromatic N) is 2. The van der Waals surface area contributed by atoms with Crippen LogP contribution < -0.4 is 5.32 Å². The van der Waals surface area contributed by atoms with E-state index in [0.29, 0.717) is 5.69 Å². The van der Waals surface area contributed by atoms with Crippen molar-refractivity contribution in [3.63, 3.8) is 0 Å². The highest BCUT2D eigenvalue weighted by molar-refractivity contribution is 5.99. The molecule has 27 heavy (non-hydrogen) atoms. The minimum atomic E-state index is -1.18. The number of carbonyl (C=O) groups excluding carboxylic acids is 1. The van der Waals surface area contributed by atoms with Gasteiger partial charge in [-0.25, -0.2) is 4.79 Å². The molecule has 1 aromatic carbocycles.